The number of rotatable bonds is 5. The number of aryl methyl sites for hydroxylation is 2. The molecule has 0 radical (unpaired) electrons. The minimum absolute atomic E-state index is 0.511. The normalized spacial score (nSPS) is 29.7. The lowest BCUT2D eigenvalue weighted by Gasteiger charge is -2.30. The van der Waals surface area contributed by atoms with Gasteiger partial charge in [0.15, 0.2) is 0 Å². The van der Waals surface area contributed by atoms with Gasteiger partial charge >= 0.3 is 0 Å². The Kier molecular flexibility index (Phi) is 5.47. The van der Waals surface area contributed by atoms with Gasteiger partial charge in [-0.05, 0) is 103 Å². The van der Waals surface area contributed by atoms with Crippen LogP contribution in [0.4, 0.5) is 0 Å². The average Bonchev–Trinajstić information content (AvgIpc) is 3.45. The van der Waals surface area contributed by atoms with E-state index in [2.05, 4.69) is 70.3 Å². The Morgan fingerprint density at radius 3 is 2.44 bits per heavy atom. The van der Waals surface area contributed by atoms with Gasteiger partial charge in [0.05, 0.1) is 0 Å². The second kappa shape index (κ2) is 8.40. The molecule has 2 aromatic rings. The van der Waals surface area contributed by atoms with E-state index in [1.165, 1.54) is 77.5 Å². The molecule has 6 rings (SSSR count). The Morgan fingerprint density at radius 2 is 1.68 bits per heavy atom. The summed E-state index contributed by atoms with van der Waals surface area (Å²) < 4.78 is 0. The highest BCUT2D eigenvalue weighted by Crippen LogP contribution is 2.61. The fourth-order valence-corrected chi connectivity index (χ4v) is 7.58. The van der Waals surface area contributed by atoms with Crippen molar-refractivity contribution in [3.05, 3.63) is 88.0 Å². The van der Waals surface area contributed by atoms with Crippen LogP contribution < -0.4 is 0 Å². The summed E-state index contributed by atoms with van der Waals surface area (Å²) in [5.41, 5.74) is 14.9. The monoisotopic (exact) mass is 448 g/mol. The molecule has 3 fully saturated rings. The third-order valence-electron chi connectivity index (χ3n) is 9.74. The molecule has 3 saturated carbocycles. The van der Waals surface area contributed by atoms with Crippen molar-refractivity contribution < 1.29 is 0 Å². The highest BCUT2D eigenvalue weighted by Gasteiger charge is 2.51. The van der Waals surface area contributed by atoms with E-state index in [0.717, 1.165) is 36.5 Å². The van der Waals surface area contributed by atoms with Gasteiger partial charge < -0.3 is 0 Å². The van der Waals surface area contributed by atoms with E-state index in [4.69, 9.17) is 0 Å². The highest BCUT2D eigenvalue weighted by atomic mass is 14.6. The van der Waals surface area contributed by atoms with Crippen molar-refractivity contribution in [3.63, 3.8) is 0 Å². The van der Waals surface area contributed by atoms with Crippen LogP contribution in [0.1, 0.15) is 73.3 Å². The maximum atomic E-state index is 4.47. The van der Waals surface area contributed by atoms with Gasteiger partial charge in [0.2, 0.25) is 0 Å². The molecule has 4 aliphatic rings. The average molecular weight is 449 g/mol. The molecule has 34 heavy (non-hydrogen) atoms. The van der Waals surface area contributed by atoms with Crippen molar-refractivity contribution in [3.8, 4) is 11.1 Å². The molecule has 0 nitrogen and oxygen atoms in total. The van der Waals surface area contributed by atoms with Crippen molar-refractivity contribution >= 4 is 6.08 Å². The smallest absolute Gasteiger partial charge is 0.00449 e. The van der Waals surface area contributed by atoms with Gasteiger partial charge in [-0.2, -0.15) is 0 Å². The van der Waals surface area contributed by atoms with Crippen LogP contribution in [-0.4, -0.2) is 0 Å². The number of benzene rings is 2. The number of allylic oxidation sites excluding steroid dienone is 3. The third-order valence-corrected chi connectivity index (χ3v) is 9.74. The standard InChI is InChI=1S/C34H40/c1-20-13-22(3)29(18-26-10-7-6-9-21(26)2)34(14-20)28-12-8-11-27-15-25(17-33(27)28)16-30-23(4)31-19-32(31)24(30)5/h8,11-15,21,26,30-32H,4-7,9-10,16-19H2,1-3H3/t21?,26-,30?,31?,32?/m0/s1. The summed E-state index contributed by atoms with van der Waals surface area (Å²) >= 11 is 0. The molecule has 176 valence electrons. The molecule has 0 heterocycles. The van der Waals surface area contributed by atoms with Crippen molar-refractivity contribution in [1.82, 2.24) is 0 Å². The third kappa shape index (κ3) is 3.74. The maximum Gasteiger partial charge on any atom is 0.00449 e. The van der Waals surface area contributed by atoms with Crippen LogP contribution in [0.2, 0.25) is 0 Å². The summed E-state index contributed by atoms with van der Waals surface area (Å²) in [7, 11) is 0. The molecule has 0 saturated heterocycles. The Balaban J connectivity index is 1.31. The largest absolute Gasteiger partial charge is 0.0989 e. The second-order valence-electron chi connectivity index (χ2n) is 12.0. The minimum Gasteiger partial charge on any atom is -0.0989 e. The van der Waals surface area contributed by atoms with Crippen LogP contribution in [-0.2, 0) is 12.8 Å². The van der Waals surface area contributed by atoms with E-state index in [1.807, 2.05) is 0 Å². The van der Waals surface area contributed by atoms with E-state index >= 15 is 0 Å². The summed E-state index contributed by atoms with van der Waals surface area (Å²) in [5.74, 6) is 3.67. The predicted molar refractivity (Wildman–Crippen MR) is 146 cm³/mol. The van der Waals surface area contributed by atoms with E-state index in [9.17, 15) is 0 Å². The molecular formula is C34H40. The number of fused-ring (bicyclic) bond motifs is 2. The van der Waals surface area contributed by atoms with Gasteiger partial charge in [0, 0.05) is 5.92 Å². The lowest BCUT2D eigenvalue weighted by molar-refractivity contribution is 0.254. The lowest BCUT2D eigenvalue weighted by Crippen LogP contribution is -2.19. The first-order valence-electron chi connectivity index (χ1n) is 13.7. The fraction of sp³-hybridized carbons (Fsp3) is 0.471. The Morgan fingerprint density at radius 1 is 0.912 bits per heavy atom. The Bertz CT molecular complexity index is 1180. The van der Waals surface area contributed by atoms with E-state index in [1.54, 1.807) is 16.7 Å². The summed E-state index contributed by atoms with van der Waals surface area (Å²) in [6.07, 6.45) is 12.9. The summed E-state index contributed by atoms with van der Waals surface area (Å²) in [4.78, 5) is 0. The van der Waals surface area contributed by atoms with Gasteiger partial charge in [0.25, 0.3) is 0 Å². The first-order chi connectivity index (χ1) is 16.4. The van der Waals surface area contributed by atoms with Gasteiger partial charge in [0.1, 0.15) is 0 Å². The molecule has 2 aromatic carbocycles. The van der Waals surface area contributed by atoms with Crippen LogP contribution in [0.3, 0.4) is 0 Å². The Labute approximate surface area is 206 Å². The molecule has 4 aliphatic carbocycles. The molecule has 0 aliphatic heterocycles. The molecule has 0 aromatic heterocycles. The fourth-order valence-electron chi connectivity index (χ4n) is 7.58. The molecule has 0 bridgehead atoms. The lowest BCUT2D eigenvalue weighted by atomic mass is 9.75. The molecule has 0 heteroatoms. The van der Waals surface area contributed by atoms with Gasteiger partial charge in [-0.25, -0.2) is 0 Å². The molecule has 0 N–H and O–H groups in total. The minimum atomic E-state index is 0.511. The van der Waals surface area contributed by atoms with Crippen LogP contribution in [0.15, 0.2) is 60.2 Å². The zero-order chi connectivity index (χ0) is 23.6. The van der Waals surface area contributed by atoms with Gasteiger partial charge in [-0.3, -0.25) is 0 Å². The maximum absolute atomic E-state index is 4.47. The number of hydrogen-bond donors (Lipinski definition) is 0. The van der Waals surface area contributed by atoms with Gasteiger partial charge in [-0.1, -0.05) is 98.0 Å². The number of hydrogen-bond acceptors (Lipinski definition) is 0. The topological polar surface area (TPSA) is 0 Å². The SMILES string of the molecule is C=C1C(CC2=Cc3cccc(-c4cc(C)cc(C)c4C[C@@H]4CCCCC4C)c3C2)C(=C)C2CC12. The molecule has 0 amide bonds. The highest BCUT2D eigenvalue weighted by molar-refractivity contribution is 5.80. The Hall–Kier alpha value is -2.34. The van der Waals surface area contributed by atoms with Crippen LogP contribution in [0.25, 0.3) is 17.2 Å². The van der Waals surface area contributed by atoms with Crippen molar-refractivity contribution in [2.45, 2.75) is 72.1 Å². The quantitative estimate of drug-likeness (QED) is 0.400. The van der Waals surface area contributed by atoms with Crippen molar-refractivity contribution in [2.75, 3.05) is 0 Å². The molecule has 4 atom stereocenters. The summed E-state index contributed by atoms with van der Waals surface area (Å²) in [5, 5.41) is 0. The van der Waals surface area contributed by atoms with Crippen LogP contribution >= 0.6 is 0 Å². The molecule has 0 spiro atoms. The molecular weight excluding hydrogens is 408 g/mol. The van der Waals surface area contributed by atoms with E-state index in [-0.39, 0.29) is 0 Å². The van der Waals surface area contributed by atoms with Gasteiger partial charge in [-0.15, -0.1) is 0 Å². The first-order valence-corrected chi connectivity index (χ1v) is 13.7. The van der Waals surface area contributed by atoms with E-state index in [0.29, 0.717) is 5.92 Å². The van der Waals surface area contributed by atoms with Crippen LogP contribution in [0, 0.1) is 43.4 Å². The van der Waals surface area contributed by atoms with Crippen molar-refractivity contribution in [1.29, 1.82) is 0 Å². The van der Waals surface area contributed by atoms with Crippen molar-refractivity contribution in [2.24, 2.45) is 29.6 Å². The first kappa shape index (κ1) is 22.1. The summed E-state index contributed by atoms with van der Waals surface area (Å²) in [6.45, 7) is 16.0. The summed E-state index contributed by atoms with van der Waals surface area (Å²) in [6, 6.07) is 11.9. The predicted octanol–water partition coefficient (Wildman–Crippen LogP) is 9.05. The van der Waals surface area contributed by atoms with Crippen LogP contribution in [0.5, 0.6) is 0 Å². The molecule has 3 unspecified atom stereocenters. The van der Waals surface area contributed by atoms with E-state index < -0.39 is 0 Å². The zero-order valence-corrected chi connectivity index (χ0v) is 21.4. The second-order valence-corrected chi connectivity index (χ2v) is 12.0. The zero-order valence-electron chi connectivity index (χ0n) is 21.4.